The Hall–Kier alpha value is -1.13. The van der Waals surface area contributed by atoms with E-state index in [9.17, 15) is 0 Å². The molecule has 102 valence electrons. The van der Waals surface area contributed by atoms with Crippen molar-refractivity contribution in [1.82, 2.24) is 10.3 Å². The molecule has 1 rings (SSSR count). The van der Waals surface area contributed by atoms with Crippen molar-refractivity contribution in [2.24, 2.45) is 0 Å². The zero-order valence-electron chi connectivity index (χ0n) is 12.0. The van der Waals surface area contributed by atoms with Gasteiger partial charge < -0.3 is 14.8 Å². The van der Waals surface area contributed by atoms with Crippen molar-refractivity contribution in [2.75, 3.05) is 20.3 Å². The summed E-state index contributed by atoms with van der Waals surface area (Å²) in [7, 11) is 1.92. The van der Waals surface area contributed by atoms with Crippen molar-refractivity contribution in [1.29, 1.82) is 0 Å². The molecular weight excluding hydrogens is 228 g/mol. The van der Waals surface area contributed by atoms with Gasteiger partial charge in [0.25, 0.3) is 0 Å². The van der Waals surface area contributed by atoms with Crippen molar-refractivity contribution >= 4 is 0 Å². The lowest BCUT2D eigenvalue weighted by molar-refractivity contribution is 0.0626. The molecule has 18 heavy (non-hydrogen) atoms. The molecule has 0 fully saturated rings. The molecule has 1 aromatic heterocycles. The van der Waals surface area contributed by atoms with E-state index in [1.807, 2.05) is 27.8 Å². The predicted octanol–water partition coefficient (Wildman–Crippen LogP) is 2.22. The highest BCUT2D eigenvalue weighted by atomic mass is 16.5. The van der Waals surface area contributed by atoms with Crippen LogP contribution < -0.4 is 10.1 Å². The lowest BCUT2D eigenvalue weighted by Crippen LogP contribution is -2.21. The summed E-state index contributed by atoms with van der Waals surface area (Å²) in [4.78, 5) is 4.48. The molecule has 1 heterocycles. The molecule has 1 unspecified atom stereocenters. The Morgan fingerprint density at radius 2 is 2.11 bits per heavy atom. The third-order valence-corrected chi connectivity index (χ3v) is 2.66. The highest BCUT2D eigenvalue weighted by Gasteiger charge is 2.12. The Kier molecular flexibility index (Phi) is 6.09. The first-order valence-corrected chi connectivity index (χ1v) is 6.44. The smallest absolute Gasteiger partial charge is 0.218 e. The van der Waals surface area contributed by atoms with E-state index in [0.29, 0.717) is 19.1 Å². The number of aryl methyl sites for hydroxylation is 2. The minimum Gasteiger partial charge on any atom is -0.472 e. The van der Waals surface area contributed by atoms with Gasteiger partial charge in [-0.1, -0.05) is 0 Å². The highest BCUT2D eigenvalue weighted by Crippen LogP contribution is 2.21. The first-order chi connectivity index (χ1) is 8.58. The molecule has 1 aromatic rings. The first-order valence-electron chi connectivity index (χ1n) is 6.44. The molecule has 0 saturated heterocycles. The molecule has 0 aromatic carbocycles. The lowest BCUT2D eigenvalue weighted by atomic mass is 10.1. The number of hydrogen-bond acceptors (Lipinski definition) is 4. The molecule has 0 bridgehead atoms. The fraction of sp³-hybridized carbons (Fsp3) is 0.643. The molecule has 4 heteroatoms. The van der Waals surface area contributed by atoms with Gasteiger partial charge >= 0.3 is 0 Å². The van der Waals surface area contributed by atoms with Crippen molar-refractivity contribution in [3.63, 3.8) is 0 Å². The average Bonchev–Trinajstić information content (AvgIpc) is 2.31. The van der Waals surface area contributed by atoms with Crippen LogP contribution in [0.5, 0.6) is 5.88 Å². The van der Waals surface area contributed by atoms with E-state index in [1.165, 1.54) is 5.56 Å². The second kappa shape index (κ2) is 7.34. The van der Waals surface area contributed by atoms with Gasteiger partial charge in [0.15, 0.2) is 0 Å². The second-order valence-electron chi connectivity index (χ2n) is 4.48. The van der Waals surface area contributed by atoms with E-state index in [4.69, 9.17) is 9.47 Å². The maximum absolute atomic E-state index is 5.89. The number of nitrogens with zero attached hydrogens (tertiary/aromatic N) is 1. The molecular formula is C14H24N2O2. The van der Waals surface area contributed by atoms with E-state index in [-0.39, 0.29) is 6.10 Å². The second-order valence-corrected chi connectivity index (χ2v) is 4.48. The van der Waals surface area contributed by atoms with Gasteiger partial charge in [0.2, 0.25) is 5.88 Å². The number of pyridine rings is 1. The van der Waals surface area contributed by atoms with Crippen LogP contribution in [-0.2, 0) is 11.3 Å². The highest BCUT2D eigenvalue weighted by molar-refractivity contribution is 5.35. The number of nitrogens with one attached hydrogen (secondary N) is 1. The minimum atomic E-state index is 0.00857. The Morgan fingerprint density at radius 3 is 2.72 bits per heavy atom. The molecule has 0 spiro atoms. The largest absolute Gasteiger partial charge is 0.472 e. The zero-order chi connectivity index (χ0) is 13.5. The van der Waals surface area contributed by atoms with Crippen LogP contribution in [0.2, 0.25) is 0 Å². The fourth-order valence-electron chi connectivity index (χ4n) is 1.83. The van der Waals surface area contributed by atoms with E-state index in [1.54, 1.807) is 0 Å². The number of ether oxygens (including phenoxy) is 2. The number of aromatic nitrogens is 1. The van der Waals surface area contributed by atoms with Crippen LogP contribution in [-0.4, -0.2) is 31.3 Å². The van der Waals surface area contributed by atoms with Crippen LogP contribution in [0.1, 0.15) is 30.7 Å². The SMILES string of the molecule is CCOCC(C)Oc1nc(C)cc(C)c1CNC. The molecule has 4 nitrogen and oxygen atoms in total. The van der Waals surface area contributed by atoms with Crippen molar-refractivity contribution < 1.29 is 9.47 Å². The molecule has 0 radical (unpaired) electrons. The number of rotatable bonds is 7. The van der Waals surface area contributed by atoms with Crippen molar-refractivity contribution in [2.45, 2.75) is 40.3 Å². The summed E-state index contributed by atoms with van der Waals surface area (Å²) in [6.45, 7) is 10.1. The molecule has 0 saturated carbocycles. The van der Waals surface area contributed by atoms with Crippen LogP contribution in [0.15, 0.2) is 6.07 Å². The first kappa shape index (κ1) is 14.9. The third kappa shape index (κ3) is 4.27. The summed E-state index contributed by atoms with van der Waals surface area (Å²) in [5.41, 5.74) is 3.30. The lowest BCUT2D eigenvalue weighted by Gasteiger charge is -2.18. The average molecular weight is 252 g/mol. The van der Waals surface area contributed by atoms with E-state index < -0.39 is 0 Å². The molecule has 0 aliphatic heterocycles. The van der Waals surface area contributed by atoms with E-state index in [0.717, 1.165) is 17.8 Å². The summed E-state index contributed by atoms with van der Waals surface area (Å²) in [6.07, 6.45) is 0.00857. The van der Waals surface area contributed by atoms with E-state index in [2.05, 4.69) is 23.3 Å². The number of hydrogen-bond donors (Lipinski definition) is 1. The van der Waals surface area contributed by atoms with Crippen LogP contribution in [0.25, 0.3) is 0 Å². The Bertz CT molecular complexity index is 380. The summed E-state index contributed by atoms with van der Waals surface area (Å²) in [6, 6.07) is 2.08. The van der Waals surface area contributed by atoms with Crippen LogP contribution in [0.3, 0.4) is 0 Å². The van der Waals surface area contributed by atoms with Gasteiger partial charge in [0, 0.05) is 24.4 Å². The fourth-order valence-corrected chi connectivity index (χ4v) is 1.83. The van der Waals surface area contributed by atoms with Crippen LogP contribution >= 0.6 is 0 Å². The Balaban J connectivity index is 2.85. The predicted molar refractivity (Wildman–Crippen MR) is 73.1 cm³/mol. The minimum absolute atomic E-state index is 0.00857. The normalized spacial score (nSPS) is 12.5. The molecule has 0 amide bonds. The molecule has 0 aliphatic rings. The van der Waals surface area contributed by atoms with Crippen LogP contribution in [0.4, 0.5) is 0 Å². The maximum atomic E-state index is 5.89. The van der Waals surface area contributed by atoms with Crippen molar-refractivity contribution in [3.05, 3.63) is 22.9 Å². The van der Waals surface area contributed by atoms with Crippen molar-refractivity contribution in [3.8, 4) is 5.88 Å². The summed E-state index contributed by atoms with van der Waals surface area (Å²) in [5, 5.41) is 3.15. The van der Waals surface area contributed by atoms with Gasteiger partial charge in [0.1, 0.15) is 6.10 Å². The summed E-state index contributed by atoms with van der Waals surface area (Å²) >= 11 is 0. The zero-order valence-corrected chi connectivity index (χ0v) is 12.0. The molecule has 0 aliphatic carbocycles. The standard InChI is InChI=1S/C14H24N2O2/c1-6-17-9-12(4)18-14-13(8-15-5)10(2)7-11(3)16-14/h7,12,15H,6,8-9H2,1-5H3. The third-order valence-electron chi connectivity index (χ3n) is 2.66. The molecule has 1 N–H and O–H groups in total. The van der Waals surface area contributed by atoms with Gasteiger partial charge in [-0.15, -0.1) is 0 Å². The Labute approximate surface area is 110 Å². The summed E-state index contributed by atoms with van der Waals surface area (Å²) < 4.78 is 11.2. The van der Waals surface area contributed by atoms with E-state index >= 15 is 0 Å². The quantitative estimate of drug-likeness (QED) is 0.808. The van der Waals surface area contributed by atoms with Gasteiger partial charge in [-0.05, 0) is 46.4 Å². The maximum Gasteiger partial charge on any atom is 0.218 e. The topological polar surface area (TPSA) is 43.4 Å². The summed E-state index contributed by atoms with van der Waals surface area (Å²) in [5.74, 6) is 0.717. The van der Waals surface area contributed by atoms with Gasteiger partial charge in [0.05, 0.1) is 6.61 Å². The Morgan fingerprint density at radius 1 is 1.39 bits per heavy atom. The van der Waals surface area contributed by atoms with Crippen LogP contribution in [0, 0.1) is 13.8 Å². The monoisotopic (exact) mass is 252 g/mol. The van der Waals surface area contributed by atoms with Gasteiger partial charge in [-0.2, -0.15) is 0 Å². The molecule has 1 atom stereocenters. The van der Waals surface area contributed by atoms with Gasteiger partial charge in [-0.3, -0.25) is 0 Å². The van der Waals surface area contributed by atoms with Gasteiger partial charge in [-0.25, -0.2) is 4.98 Å².